The Morgan fingerprint density at radius 3 is 2.74 bits per heavy atom. The van der Waals surface area contributed by atoms with E-state index in [1.807, 2.05) is 6.92 Å². The maximum atomic E-state index is 11.5. The second kappa shape index (κ2) is 7.25. The van der Waals surface area contributed by atoms with E-state index in [-0.39, 0.29) is 5.91 Å². The van der Waals surface area contributed by atoms with Crippen LogP contribution in [0.15, 0.2) is 18.2 Å². The highest BCUT2D eigenvalue weighted by Crippen LogP contribution is 2.18. The van der Waals surface area contributed by atoms with Crippen LogP contribution in [-0.4, -0.2) is 32.1 Å². The van der Waals surface area contributed by atoms with Crippen molar-refractivity contribution in [3.05, 3.63) is 23.8 Å². The van der Waals surface area contributed by atoms with E-state index in [2.05, 4.69) is 15.4 Å². The van der Waals surface area contributed by atoms with Gasteiger partial charge in [0, 0.05) is 30.9 Å². The highest BCUT2D eigenvalue weighted by molar-refractivity contribution is 5.96. The standard InChI is InChI=1S/C13H19N3O3/c1-3-15-12(17)6-7-16-9-4-5-11(14)10(8-9)13(18)19-2/h4-5,8,16H,3,6-7,14H2,1-2H3,(H,15,17). The Labute approximate surface area is 112 Å². The monoisotopic (exact) mass is 265 g/mol. The van der Waals surface area contributed by atoms with Crippen LogP contribution in [-0.2, 0) is 9.53 Å². The summed E-state index contributed by atoms with van der Waals surface area (Å²) in [4.78, 5) is 22.7. The second-order valence-corrected chi connectivity index (χ2v) is 3.92. The number of hydrogen-bond donors (Lipinski definition) is 3. The van der Waals surface area contributed by atoms with Crippen LogP contribution in [0.2, 0.25) is 0 Å². The molecule has 19 heavy (non-hydrogen) atoms. The van der Waals surface area contributed by atoms with Crippen molar-refractivity contribution in [3.63, 3.8) is 0 Å². The van der Waals surface area contributed by atoms with Gasteiger partial charge in [-0.2, -0.15) is 0 Å². The summed E-state index contributed by atoms with van der Waals surface area (Å²) in [6.07, 6.45) is 0.367. The Morgan fingerprint density at radius 1 is 1.37 bits per heavy atom. The van der Waals surface area contributed by atoms with Gasteiger partial charge in [-0.3, -0.25) is 4.79 Å². The van der Waals surface area contributed by atoms with E-state index in [1.165, 1.54) is 7.11 Å². The Morgan fingerprint density at radius 2 is 2.11 bits per heavy atom. The van der Waals surface area contributed by atoms with E-state index < -0.39 is 5.97 Å². The molecule has 0 heterocycles. The third-order valence-electron chi connectivity index (χ3n) is 2.51. The lowest BCUT2D eigenvalue weighted by atomic mass is 10.1. The predicted molar refractivity (Wildman–Crippen MR) is 74.0 cm³/mol. The maximum absolute atomic E-state index is 11.5. The lowest BCUT2D eigenvalue weighted by Gasteiger charge is -2.09. The molecule has 0 saturated heterocycles. The van der Waals surface area contributed by atoms with E-state index in [0.717, 1.165) is 5.69 Å². The van der Waals surface area contributed by atoms with Crippen LogP contribution >= 0.6 is 0 Å². The fourth-order valence-corrected chi connectivity index (χ4v) is 1.56. The number of benzene rings is 1. The van der Waals surface area contributed by atoms with Crippen molar-refractivity contribution in [2.75, 3.05) is 31.2 Å². The molecule has 6 nitrogen and oxygen atoms in total. The Balaban J connectivity index is 2.60. The van der Waals surface area contributed by atoms with Crippen LogP contribution in [0.4, 0.5) is 11.4 Å². The molecule has 4 N–H and O–H groups in total. The van der Waals surface area contributed by atoms with Crippen LogP contribution in [0, 0.1) is 0 Å². The van der Waals surface area contributed by atoms with E-state index in [9.17, 15) is 9.59 Å². The molecular formula is C13H19N3O3. The van der Waals surface area contributed by atoms with Crippen LogP contribution in [0.25, 0.3) is 0 Å². The quantitative estimate of drug-likeness (QED) is 0.527. The Kier molecular flexibility index (Phi) is 5.66. The van der Waals surface area contributed by atoms with Crippen LogP contribution in [0.1, 0.15) is 23.7 Å². The number of anilines is 2. The van der Waals surface area contributed by atoms with Gasteiger partial charge < -0.3 is 21.1 Å². The summed E-state index contributed by atoms with van der Waals surface area (Å²) in [6.45, 7) is 2.97. The zero-order valence-corrected chi connectivity index (χ0v) is 11.2. The summed E-state index contributed by atoms with van der Waals surface area (Å²) in [6, 6.07) is 4.99. The SMILES string of the molecule is CCNC(=O)CCNc1ccc(N)c(C(=O)OC)c1. The number of amides is 1. The highest BCUT2D eigenvalue weighted by atomic mass is 16.5. The van der Waals surface area contributed by atoms with Gasteiger partial charge >= 0.3 is 5.97 Å². The first-order valence-electron chi connectivity index (χ1n) is 6.07. The molecule has 0 saturated carbocycles. The topological polar surface area (TPSA) is 93.5 Å². The van der Waals surface area contributed by atoms with Gasteiger partial charge in [0.25, 0.3) is 0 Å². The smallest absolute Gasteiger partial charge is 0.340 e. The fourth-order valence-electron chi connectivity index (χ4n) is 1.56. The third-order valence-corrected chi connectivity index (χ3v) is 2.51. The highest BCUT2D eigenvalue weighted by Gasteiger charge is 2.10. The molecular weight excluding hydrogens is 246 g/mol. The largest absolute Gasteiger partial charge is 0.465 e. The fraction of sp³-hybridized carbons (Fsp3) is 0.385. The van der Waals surface area contributed by atoms with E-state index in [0.29, 0.717) is 30.8 Å². The van der Waals surface area contributed by atoms with Gasteiger partial charge in [0.2, 0.25) is 5.91 Å². The molecule has 1 aromatic carbocycles. The minimum atomic E-state index is -0.482. The first-order chi connectivity index (χ1) is 9.08. The van der Waals surface area contributed by atoms with Crippen molar-refractivity contribution < 1.29 is 14.3 Å². The molecule has 1 rings (SSSR count). The number of nitrogens with one attached hydrogen (secondary N) is 2. The zero-order valence-electron chi connectivity index (χ0n) is 11.2. The summed E-state index contributed by atoms with van der Waals surface area (Å²) >= 11 is 0. The average Bonchev–Trinajstić information content (AvgIpc) is 2.40. The normalized spacial score (nSPS) is 9.79. The van der Waals surface area contributed by atoms with Gasteiger partial charge in [0.15, 0.2) is 0 Å². The number of hydrogen-bond acceptors (Lipinski definition) is 5. The molecule has 0 atom stereocenters. The van der Waals surface area contributed by atoms with Crippen LogP contribution in [0.5, 0.6) is 0 Å². The second-order valence-electron chi connectivity index (χ2n) is 3.92. The Bertz CT molecular complexity index is 460. The van der Waals surface area contributed by atoms with Crippen molar-refractivity contribution in [3.8, 4) is 0 Å². The first kappa shape index (κ1) is 14.8. The van der Waals surface area contributed by atoms with E-state index in [4.69, 9.17) is 5.73 Å². The van der Waals surface area contributed by atoms with Gasteiger partial charge in [0.1, 0.15) is 0 Å². The van der Waals surface area contributed by atoms with Crippen LogP contribution in [0.3, 0.4) is 0 Å². The van der Waals surface area contributed by atoms with Crippen molar-refractivity contribution in [2.24, 2.45) is 0 Å². The Hall–Kier alpha value is -2.24. The van der Waals surface area contributed by atoms with Gasteiger partial charge in [-0.25, -0.2) is 4.79 Å². The van der Waals surface area contributed by atoms with Gasteiger partial charge in [-0.15, -0.1) is 0 Å². The molecule has 104 valence electrons. The number of carbonyl (C=O) groups excluding carboxylic acids is 2. The molecule has 0 fully saturated rings. The van der Waals surface area contributed by atoms with Gasteiger partial charge in [0.05, 0.1) is 12.7 Å². The summed E-state index contributed by atoms with van der Waals surface area (Å²) in [5, 5.41) is 5.76. The predicted octanol–water partition coefficient (Wildman–Crippen LogP) is 0.993. The number of rotatable bonds is 6. The number of nitrogens with two attached hydrogens (primary N) is 1. The summed E-state index contributed by atoms with van der Waals surface area (Å²) in [5.74, 6) is -0.497. The van der Waals surface area contributed by atoms with E-state index in [1.54, 1.807) is 18.2 Å². The van der Waals surface area contributed by atoms with Crippen LogP contribution < -0.4 is 16.4 Å². The molecule has 0 spiro atoms. The average molecular weight is 265 g/mol. The molecule has 0 bridgehead atoms. The molecule has 0 aliphatic heterocycles. The van der Waals surface area contributed by atoms with Gasteiger partial charge in [-0.1, -0.05) is 0 Å². The molecule has 1 aromatic rings. The molecule has 1 amide bonds. The molecule has 0 aromatic heterocycles. The molecule has 6 heteroatoms. The molecule has 0 unspecified atom stereocenters. The minimum absolute atomic E-state index is 0.0152. The van der Waals surface area contributed by atoms with Crippen molar-refractivity contribution in [1.82, 2.24) is 5.32 Å². The summed E-state index contributed by atoms with van der Waals surface area (Å²) in [5.41, 5.74) is 7.08. The minimum Gasteiger partial charge on any atom is -0.465 e. The lowest BCUT2D eigenvalue weighted by molar-refractivity contribution is -0.120. The summed E-state index contributed by atoms with van der Waals surface area (Å²) < 4.78 is 4.64. The van der Waals surface area contributed by atoms with Crippen molar-refractivity contribution in [2.45, 2.75) is 13.3 Å². The molecule has 0 aliphatic rings. The number of ether oxygens (including phenoxy) is 1. The number of nitrogen functional groups attached to an aromatic ring is 1. The molecule has 0 aliphatic carbocycles. The van der Waals surface area contributed by atoms with Crippen molar-refractivity contribution >= 4 is 23.3 Å². The summed E-state index contributed by atoms with van der Waals surface area (Å²) in [7, 11) is 1.30. The zero-order chi connectivity index (χ0) is 14.3. The lowest BCUT2D eigenvalue weighted by Crippen LogP contribution is -2.24. The number of methoxy groups -OCH3 is 1. The van der Waals surface area contributed by atoms with Crippen molar-refractivity contribution in [1.29, 1.82) is 0 Å². The maximum Gasteiger partial charge on any atom is 0.340 e. The molecule has 0 radical (unpaired) electrons. The van der Waals surface area contributed by atoms with Gasteiger partial charge in [-0.05, 0) is 25.1 Å². The first-order valence-corrected chi connectivity index (χ1v) is 6.07. The van der Waals surface area contributed by atoms with E-state index >= 15 is 0 Å². The number of carbonyl (C=O) groups is 2. The third kappa shape index (κ3) is 4.50. The number of esters is 1.